The van der Waals surface area contributed by atoms with Crippen molar-refractivity contribution in [3.63, 3.8) is 0 Å². The van der Waals surface area contributed by atoms with Crippen molar-refractivity contribution in [3.8, 4) is 5.75 Å². The van der Waals surface area contributed by atoms with Gasteiger partial charge in [0, 0.05) is 13.2 Å². The van der Waals surface area contributed by atoms with Crippen molar-refractivity contribution in [3.05, 3.63) is 84.3 Å². The molecule has 2 heterocycles. The quantitative estimate of drug-likeness (QED) is 0.451. The Morgan fingerprint density at radius 1 is 1.03 bits per heavy atom. The number of benzene rings is 2. The molecule has 0 radical (unpaired) electrons. The molecule has 0 saturated carbocycles. The molecule has 36 heavy (non-hydrogen) atoms. The minimum absolute atomic E-state index is 0.0617. The fraction of sp³-hybridized carbons (Fsp3) is 0.296. The molecule has 1 aliphatic rings. The van der Waals surface area contributed by atoms with Crippen molar-refractivity contribution < 1.29 is 28.3 Å². The average Bonchev–Trinajstić information content (AvgIpc) is 3.64. The zero-order valence-corrected chi connectivity index (χ0v) is 20.0. The number of rotatable bonds is 10. The lowest BCUT2D eigenvalue weighted by Crippen LogP contribution is -2.48. The van der Waals surface area contributed by atoms with Crippen LogP contribution in [0.1, 0.15) is 35.0 Å². The predicted octanol–water partition coefficient (Wildman–Crippen LogP) is 3.09. The summed E-state index contributed by atoms with van der Waals surface area (Å²) in [4.78, 5) is 41.1. The van der Waals surface area contributed by atoms with Gasteiger partial charge in [-0.25, -0.2) is 0 Å². The van der Waals surface area contributed by atoms with E-state index in [9.17, 15) is 14.4 Å². The number of para-hydroxylation sites is 2. The summed E-state index contributed by atoms with van der Waals surface area (Å²) < 4.78 is 16.3. The number of furan rings is 1. The molecule has 0 aliphatic carbocycles. The van der Waals surface area contributed by atoms with Crippen LogP contribution in [0.2, 0.25) is 0 Å². The molecule has 0 bridgehead atoms. The molecular weight excluding hydrogens is 462 g/mol. The molecule has 0 unspecified atom stereocenters. The Bertz CT molecular complexity index is 1160. The van der Waals surface area contributed by atoms with Gasteiger partial charge in [-0.15, -0.1) is 0 Å². The number of nitrogens with zero attached hydrogens (tertiary/aromatic N) is 1. The number of anilines is 1. The van der Waals surface area contributed by atoms with Gasteiger partial charge in [-0.3, -0.25) is 19.3 Å². The summed E-state index contributed by atoms with van der Waals surface area (Å²) in [5, 5.41) is 5.53. The van der Waals surface area contributed by atoms with Crippen LogP contribution in [-0.2, 0) is 14.3 Å². The van der Waals surface area contributed by atoms with Gasteiger partial charge in [0.1, 0.15) is 11.8 Å². The van der Waals surface area contributed by atoms with Crippen molar-refractivity contribution in [2.45, 2.75) is 25.0 Å². The van der Waals surface area contributed by atoms with Crippen LogP contribution in [0.3, 0.4) is 0 Å². The average molecular weight is 492 g/mol. The summed E-state index contributed by atoms with van der Waals surface area (Å²) in [7, 11) is 1.50. The minimum Gasteiger partial charge on any atom is -0.495 e. The van der Waals surface area contributed by atoms with Gasteiger partial charge in [-0.1, -0.05) is 42.5 Å². The zero-order valence-electron chi connectivity index (χ0n) is 20.0. The van der Waals surface area contributed by atoms with E-state index in [1.165, 1.54) is 24.3 Å². The number of hydrogen-bond donors (Lipinski definition) is 2. The Labute approximate surface area is 209 Å². The highest BCUT2D eigenvalue weighted by Crippen LogP contribution is 2.35. The van der Waals surface area contributed by atoms with Crippen LogP contribution in [0, 0.1) is 0 Å². The third-order valence-electron chi connectivity index (χ3n) is 5.91. The maximum atomic E-state index is 13.7. The maximum absolute atomic E-state index is 13.7. The van der Waals surface area contributed by atoms with E-state index in [0.29, 0.717) is 30.2 Å². The molecular formula is C27H29N3O6. The minimum atomic E-state index is -1.02. The Kier molecular flexibility index (Phi) is 8.36. The number of carbonyl (C=O) groups excluding carboxylic acids is 3. The highest BCUT2D eigenvalue weighted by molar-refractivity contribution is 6.05. The van der Waals surface area contributed by atoms with E-state index in [0.717, 1.165) is 12.8 Å². The van der Waals surface area contributed by atoms with Crippen molar-refractivity contribution in [2.24, 2.45) is 0 Å². The maximum Gasteiger partial charge on any atom is 0.287 e. The number of amides is 3. The molecule has 9 heteroatoms. The first-order valence-corrected chi connectivity index (χ1v) is 11.8. The third kappa shape index (κ3) is 5.92. The predicted molar refractivity (Wildman–Crippen MR) is 133 cm³/mol. The standard InChI is InChI=1S/C27H29N3O6/c1-34-22-13-6-5-12-21(22)30(24(31)18-29-26(32)23-14-8-16-36-23)25(19-9-3-2-4-10-19)27(33)28-17-20-11-7-15-35-20/h2-6,8-10,12-14,16,20,25H,7,11,15,17-18H2,1H3,(H,28,33)(H,29,32)/t20-,25-/m0/s1. The second-order valence-corrected chi connectivity index (χ2v) is 8.29. The lowest BCUT2D eigenvalue weighted by molar-refractivity contribution is -0.126. The Balaban J connectivity index is 1.66. The number of hydrogen-bond acceptors (Lipinski definition) is 6. The summed E-state index contributed by atoms with van der Waals surface area (Å²) >= 11 is 0. The number of ether oxygens (including phenoxy) is 2. The second kappa shape index (κ2) is 12.0. The van der Waals surface area contributed by atoms with Gasteiger partial charge >= 0.3 is 0 Å². The van der Waals surface area contributed by atoms with Crippen molar-refractivity contribution >= 4 is 23.4 Å². The first-order valence-electron chi connectivity index (χ1n) is 11.8. The van der Waals surface area contributed by atoms with E-state index in [2.05, 4.69) is 10.6 Å². The molecule has 2 N–H and O–H groups in total. The molecule has 4 rings (SSSR count). The van der Waals surface area contributed by atoms with Gasteiger partial charge in [0.25, 0.3) is 5.91 Å². The Hall–Kier alpha value is -4.11. The second-order valence-electron chi connectivity index (χ2n) is 8.29. The molecule has 1 aliphatic heterocycles. The van der Waals surface area contributed by atoms with Gasteiger partial charge in [0.2, 0.25) is 11.8 Å². The first kappa shape index (κ1) is 25.0. The highest BCUT2D eigenvalue weighted by atomic mass is 16.5. The van der Waals surface area contributed by atoms with Crippen LogP contribution in [0.15, 0.2) is 77.4 Å². The van der Waals surface area contributed by atoms with E-state index in [4.69, 9.17) is 13.9 Å². The Morgan fingerprint density at radius 3 is 2.50 bits per heavy atom. The fourth-order valence-corrected chi connectivity index (χ4v) is 4.15. The summed E-state index contributed by atoms with van der Waals surface area (Å²) in [5.41, 5.74) is 1.01. The molecule has 3 aromatic rings. The van der Waals surface area contributed by atoms with E-state index >= 15 is 0 Å². The Morgan fingerprint density at radius 2 is 1.81 bits per heavy atom. The molecule has 2 atom stereocenters. The fourth-order valence-electron chi connectivity index (χ4n) is 4.15. The van der Waals surface area contributed by atoms with Gasteiger partial charge in [0.05, 0.1) is 31.7 Å². The van der Waals surface area contributed by atoms with Crippen molar-refractivity contribution in [1.82, 2.24) is 10.6 Å². The van der Waals surface area contributed by atoms with Gasteiger partial charge in [-0.05, 0) is 42.7 Å². The third-order valence-corrected chi connectivity index (χ3v) is 5.91. The molecule has 3 amide bonds. The normalized spacial score (nSPS) is 15.6. The van der Waals surface area contributed by atoms with Crippen LogP contribution in [0.25, 0.3) is 0 Å². The van der Waals surface area contributed by atoms with E-state index in [-0.39, 0.29) is 24.3 Å². The van der Waals surface area contributed by atoms with Crippen LogP contribution >= 0.6 is 0 Å². The lowest BCUT2D eigenvalue weighted by Gasteiger charge is -2.32. The molecule has 2 aromatic carbocycles. The molecule has 1 aromatic heterocycles. The van der Waals surface area contributed by atoms with E-state index in [1.807, 2.05) is 6.07 Å². The molecule has 9 nitrogen and oxygen atoms in total. The number of carbonyl (C=O) groups is 3. The SMILES string of the molecule is COc1ccccc1N(C(=O)CNC(=O)c1ccco1)[C@H](C(=O)NC[C@@H]1CCCO1)c1ccccc1. The summed E-state index contributed by atoms with van der Waals surface area (Å²) in [6, 6.07) is 18.0. The van der Waals surface area contributed by atoms with Gasteiger partial charge < -0.3 is 24.5 Å². The first-order chi connectivity index (χ1) is 17.6. The smallest absolute Gasteiger partial charge is 0.287 e. The summed E-state index contributed by atoms with van der Waals surface area (Å²) in [6.07, 6.45) is 3.13. The van der Waals surface area contributed by atoms with Crippen LogP contribution < -0.4 is 20.3 Å². The van der Waals surface area contributed by atoms with Crippen LogP contribution in [0.5, 0.6) is 5.75 Å². The summed E-state index contributed by atoms with van der Waals surface area (Å²) in [6.45, 7) is 0.648. The van der Waals surface area contributed by atoms with Crippen LogP contribution in [0.4, 0.5) is 5.69 Å². The molecule has 1 fully saturated rings. The number of methoxy groups -OCH3 is 1. The summed E-state index contributed by atoms with van der Waals surface area (Å²) in [5.74, 6) is -0.905. The number of nitrogens with one attached hydrogen (secondary N) is 2. The van der Waals surface area contributed by atoms with E-state index in [1.54, 1.807) is 54.6 Å². The zero-order chi connectivity index (χ0) is 25.3. The van der Waals surface area contributed by atoms with Crippen LogP contribution in [-0.4, -0.2) is 50.6 Å². The molecule has 1 saturated heterocycles. The molecule has 188 valence electrons. The van der Waals surface area contributed by atoms with Crippen molar-refractivity contribution in [1.29, 1.82) is 0 Å². The van der Waals surface area contributed by atoms with Crippen molar-refractivity contribution in [2.75, 3.05) is 31.7 Å². The monoisotopic (exact) mass is 491 g/mol. The lowest BCUT2D eigenvalue weighted by atomic mass is 10.0. The highest BCUT2D eigenvalue weighted by Gasteiger charge is 2.35. The largest absolute Gasteiger partial charge is 0.495 e. The van der Waals surface area contributed by atoms with Gasteiger partial charge in [0.15, 0.2) is 5.76 Å². The topological polar surface area (TPSA) is 110 Å². The van der Waals surface area contributed by atoms with E-state index < -0.39 is 17.9 Å². The van der Waals surface area contributed by atoms with Gasteiger partial charge in [-0.2, -0.15) is 0 Å². The molecule has 0 spiro atoms.